The van der Waals surface area contributed by atoms with E-state index in [1.54, 1.807) is 17.0 Å². The highest BCUT2D eigenvalue weighted by molar-refractivity contribution is 5.69. The fourth-order valence-electron chi connectivity index (χ4n) is 6.91. The molecule has 31 heavy (non-hydrogen) atoms. The van der Waals surface area contributed by atoms with Crippen LogP contribution < -0.4 is 5.32 Å². The minimum Gasteiger partial charge on any atom is -0.446 e. The van der Waals surface area contributed by atoms with Gasteiger partial charge in [0.15, 0.2) is 0 Å². The number of nitrogens with one attached hydrogen (secondary N) is 1. The van der Waals surface area contributed by atoms with Crippen molar-refractivity contribution in [2.24, 2.45) is 23.2 Å². The van der Waals surface area contributed by atoms with Gasteiger partial charge in [0.25, 0.3) is 5.69 Å². The third-order valence-corrected chi connectivity index (χ3v) is 7.86. The number of carbonyl (C=O) groups is 1. The zero-order chi connectivity index (χ0) is 21.8. The van der Waals surface area contributed by atoms with E-state index in [2.05, 4.69) is 12.2 Å². The molecule has 8 heteroatoms. The number of hydrogen-bond donors (Lipinski definition) is 1. The Kier molecular flexibility index (Phi) is 4.80. The van der Waals surface area contributed by atoms with Crippen molar-refractivity contribution >= 4 is 17.5 Å². The van der Waals surface area contributed by atoms with Gasteiger partial charge in [-0.15, -0.1) is 0 Å². The van der Waals surface area contributed by atoms with Gasteiger partial charge in [-0.2, -0.15) is 5.26 Å². The second kappa shape index (κ2) is 7.40. The van der Waals surface area contributed by atoms with Crippen molar-refractivity contribution in [3.8, 4) is 6.07 Å². The highest BCUT2D eigenvalue weighted by atomic mass is 16.6. The second-order valence-corrected chi connectivity index (χ2v) is 10.3. The van der Waals surface area contributed by atoms with Gasteiger partial charge in [0.05, 0.1) is 16.6 Å². The monoisotopic (exact) mass is 424 g/mol. The molecule has 2 unspecified atom stereocenters. The molecule has 8 nitrogen and oxygen atoms in total. The predicted molar refractivity (Wildman–Crippen MR) is 113 cm³/mol. The molecule has 3 atom stereocenters. The van der Waals surface area contributed by atoms with E-state index in [-0.39, 0.29) is 29.5 Å². The van der Waals surface area contributed by atoms with Crippen molar-refractivity contribution in [1.29, 1.82) is 5.26 Å². The molecule has 4 bridgehead atoms. The van der Waals surface area contributed by atoms with Crippen molar-refractivity contribution in [2.45, 2.75) is 57.6 Å². The summed E-state index contributed by atoms with van der Waals surface area (Å²) in [6, 6.07) is 6.24. The molecule has 4 saturated carbocycles. The number of likely N-dealkylation sites (tertiary alicyclic amines) is 1. The van der Waals surface area contributed by atoms with E-state index >= 15 is 0 Å². The van der Waals surface area contributed by atoms with E-state index < -0.39 is 4.92 Å². The molecule has 5 aliphatic rings. The van der Waals surface area contributed by atoms with E-state index in [9.17, 15) is 14.9 Å². The van der Waals surface area contributed by atoms with Crippen LogP contribution in [0.1, 0.15) is 51.0 Å². The predicted octanol–water partition coefficient (Wildman–Crippen LogP) is 4.30. The number of carbonyl (C=O) groups excluding carboxylic acids is 1. The van der Waals surface area contributed by atoms with E-state index in [4.69, 9.17) is 10.00 Å². The number of nitrogens with zero attached hydrogens (tertiary/aromatic N) is 3. The summed E-state index contributed by atoms with van der Waals surface area (Å²) in [7, 11) is 0. The minimum atomic E-state index is -0.489. The van der Waals surface area contributed by atoms with Gasteiger partial charge in [-0.05, 0) is 73.8 Å². The highest BCUT2D eigenvalue weighted by Gasteiger charge is 2.55. The van der Waals surface area contributed by atoms with Crippen molar-refractivity contribution < 1.29 is 14.5 Å². The van der Waals surface area contributed by atoms with E-state index in [0.29, 0.717) is 42.4 Å². The Morgan fingerprint density at radius 2 is 2.06 bits per heavy atom. The second-order valence-electron chi connectivity index (χ2n) is 10.3. The molecular formula is C23H28N4O4. The topological polar surface area (TPSA) is 108 Å². The van der Waals surface area contributed by atoms with Crippen LogP contribution in [0.15, 0.2) is 18.2 Å². The fourth-order valence-corrected chi connectivity index (χ4v) is 6.91. The molecule has 4 aliphatic carbocycles. The van der Waals surface area contributed by atoms with E-state index in [1.165, 1.54) is 38.2 Å². The van der Waals surface area contributed by atoms with Crippen LogP contribution in [0.4, 0.5) is 16.2 Å². The molecule has 5 fully saturated rings. The molecule has 1 aliphatic heterocycles. The molecule has 0 radical (unpaired) electrons. The van der Waals surface area contributed by atoms with Crippen molar-refractivity contribution in [3.05, 3.63) is 33.9 Å². The van der Waals surface area contributed by atoms with E-state index in [1.807, 2.05) is 6.07 Å². The Bertz CT molecular complexity index is 941. The zero-order valence-electron chi connectivity index (χ0n) is 17.8. The number of nitriles is 1. The zero-order valence-corrected chi connectivity index (χ0v) is 17.8. The van der Waals surface area contributed by atoms with Crippen LogP contribution in [0.25, 0.3) is 0 Å². The molecule has 0 spiro atoms. The Hall–Kier alpha value is -2.82. The van der Waals surface area contributed by atoms with Crippen LogP contribution in [-0.2, 0) is 4.74 Å². The van der Waals surface area contributed by atoms with Gasteiger partial charge < -0.3 is 15.0 Å². The lowest BCUT2D eigenvalue weighted by atomic mass is 9.49. The maximum Gasteiger partial charge on any atom is 0.410 e. The van der Waals surface area contributed by atoms with Gasteiger partial charge in [-0.25, -0.2) is 4.79 Å². The maximum absolute atomic E-state index is 12.9. The fraction of sp³-hybridized carbons (Fsp3) is 0.652. The number of amides is 1. The van der Waals surface area contributed by atoms with Gasteiger partial charge in [0.2, 0.25) is 0 Å². The summed E-state index contributed by atoms with van der Waals surface area (Å²) >= 11 is 0. The van der Waals surface area contributed by atoms with Crippen LogP contribution in [-0.4, -0.2) is 41.2 Å². The molecule has 1 amide bonds. The molecule has 164 valence electrons. The minimum absolute atomic E-state index is 0.0451. The lowest BCUT2D eigenvalue weighted by Crippen LogP contribution is -2.54. The average molecular weight is 425 g/mol. The molecule has 6 rings (SSSR count). The first-order chi connectivity index (χ1) is 14.8. The third-order valence-electron chi connectivity index (χ3n) is 7.86. The molecule has 1 heterocycles. The van der Waals surface area contributed by atoms with Crippen LogP contribution >= 0.6 is 0 Å². The molecular weight excluding hydrogens is 396 g/mol. The first-order valence-corrected chi connectivity index (χ1v) is 11.2. The molecule has 1 aromatic rings. The van der Waals surface area contributed by atoms with Crippen molar-refractivity contribution in [2.75, 3.05) is 18.4 Å². The van der Waals surface area contributed by atoms with Crippen LogP contribution in [0.3, 0.4) is 0 Å². The highest BCUT2D eigenvalue weighted by Crippen LogP contribution is 2.60. The first kappa shape index (κ1) is 20.1. The lowest BCUT2D eigenvalue weighted by Gasteiger charge is -2.58. The number of ether oxygens (including phenoxy) is 1. The summed E-state index contributed by atoms with van der Waals surface area (Å²) in [6.07, 6.45) is 6.55. The van der Waals surface area contributed by atoms with Crippen molar-refractivity contribution in [3.63, 3.8) is 0 Å². The van der Waals surface area contributed by atoms with Gasteiger partial charge in [0.1, 0.15) is 11.8 Å². The van der Waals surface area contributed by atoms with Gasteiger partial charge in [-0.3, -0.25) is 10.1 Å². The normalized spacial score (nSPS) is 35.6. The summed E-state index contributed by atoms with van der Waals surface area (Å²) in [5, 5.41) is 23.5. The quantitative estimate of drug-likeness (QED) is 0.570. The SMILES string of the molecule is C[C@]12CC3CC(C1)[C@@H](OC(=O)N1CC[C@@H](Nc4ccc(C#N)cc4[N+](=O)[O-])C1)C(C3)C2. The Morgan fingerprint density at radius 1 is 1.32 bits per heavy atom. The number of anilines is 1. The van der Waals surface area contributed by atoms with Crippen LogP contribution in [0.5, 0.6) is 0 Å². The van der Waals surface area contributed by atoms with Crippen LogP contribution in [0.2, 0.25) is 0 Å². The Labute approximate surface area is 181 Å². The standard InChI is InChI=1S/C23H28N4O4/c1-23-9-15-6-16(10-23)21(17(7-15)11-23)31-22(28)26-5-4-18(13-26)25-19-3-2-14(12-24)8-20(19)27(29)30/h2-3,8,15-18,21,25H,4-7,9-11,13H2,1H3/t15?,16?,17?,18-,21-,23+/m1/s1. The molecule has 1 saturated heterocycles. The Morgan fingerprint density at radius 3 is 2.71 bits per heavy atom. The van der Waals surface area contributed by atoms with Crippen molar-refractivity contribution in [1.82, 2.24) is 4.90 Å². The number of benzene rings is 1. The summed E-state index contributed by atoms with van der Waals surface area (Å²) in [5.74, 6) is 1.80. The summed E-state index contributed by atoms with van der Waals surface area (Å²) in [6.45, 7) is 3.43. The van der Waals surface area contributed by atoms with Gasteiger partial charge in [0, 0.05) is 25.2 Å². The lowest BCUT2D eigenvalue weighted by molar-refractivity contribution is -0.384. The number of nitro benzene ring substituents is 1. The largest absolute Gasteiger partial charge is 0.446 e. The molecule has 0 aromatic heterocycles. The summed E-state index contributed by atoms with van der Waals surface area (Å²) in [4.78, 5) is 25.5. The van der Waals surface area contributed by atoms with Crippen LogP contribution in [0, 0.1) is 44.6 Å². The number of nitro groups is 1. The maximum atomic E-state index is 12.9. The summed E-state index contributed by atoms with van der Waals surface area (Å²) in [5.41, 5.74) is 0.941. The van der Waals surface area contributed by atoms with Gasteiger partial charge >= 0.3 is 6.09 Å². The third kappa shape index (κ3) is 3.71. The summed E-state index contributed by atoms with van der Waals surface area (Å²) < 4.78 is 6.06. The smallest absolute Gasteiger partial charge is 0.410 e. The Balaban J connectivity index is 1.20. The average Bonchev–Trinajstić information content (AvgIpc) is 3.18. The molecule has 1 N–H and O–H groups in total. The van der Waals surface area contributed by atoms with E-state index in [0.717, 1.165) is 5.92 Å². The number of hydrogen-bond acceptors (Lipinski definition) is 6. The van der Waals surface area contributed by atoms with Gasteiger partial charge in [-0.1, -0.05) is 6.92 Å². The first-order valence-electron chi connectivity index (χ1n) is 11.2. The number of rotatable bonds is 4. The molecule has 1 aromatic carbocycles.